The normalized spacial score (nSPS) is 11.7. The highest BCUT2D eigenvalue weighted by atomic mass is 16.4. The van der Waals surface area contributed by atoms with Gasteiger partial charge in [-0.2, -0.15) is 0 Å². The van der Waals surface area contributed by atoms with Gasteiger partial charge < -0.3 is 21.5 Å². The van der Waals surface area contributed by atoms with E-state index in [2.05, 4.69) is 22.5 Å². The average molecular weight is 350 g/mol. The maximum atomic E-state index is 12.0. The third-order valence-corrected chi connectivity index (χ3v) is 3.66. The van der Waals surface area contributed by atoms with E-state index in [0.717, 1.165) is 24.8 Å². The molecular formula is C17H26N4O4. The largest absolute Gasteiger partial charge is 0.480 e. The van der Waals surface area contributed by atoms with Crippen LogP contribution in [0.15, 0.2) is 18.3 Å². The molecule has 25 heavy (non-hydrogen) atoms. The van der Waals surface area contributed by atoms with Crippen LogP contribution >= 0.6 is 0 Å². The molecule has 0 fully saturated rings. The number of carboxylic acids is 1. The van der Waals surface area contributed by atoms with Crippen molar-refractivity contribution in [3.63, 3.8) is 0 Å². The maximum absolute atomic E-state index is 12.0. The first-order chi connectivity index (χ1) is 11.9. The lowest BCUT2D eigenvalue weighted by Gasteiger charge is -2.13. The summed E-state index contributed by atoms with van der Waals surface area (Å²) in [6.07, 6.45) is 4.93. The number of carbonyl (C=O) groups excluding carboxylic acids is 2. The van der Waals surface area contributed by atoms with Gasteiger partial charge in [-0.1, -0.05) is 19.4 Å². The summed E-state index contributed by atoms with van der Waals surface area (Å²) in [5.41, 5.74) is 6.43. The summed E-state index contributed by atoms with van der Waals surface area (Å²) in [7, 11) is 0. The number of unbranched alkanes of at least 4 members (excludes halogenated alkanes) is 1. The second-order valence-electron chi connectivity index (χ2n) is 5.76. The van der Waals surface area contributed by atoms with Gasteiger partial charge in [-0.05, 0) is 30.9 Å². The van der Waals surface area contributed by atoms with Crippen LogP contribution in [0.2, 0.25) is 0 Å². The molecule has 1 rings (SSSR count). The highest BCUT2D eigenvalue weighted by Gasteiger charge is 2.17. The fraction of sp³-hybridized carbons (Fsp3) is 0.529. The van der Waals surface area contributed by atoms with Crippen molar-refractivity contribution in [1.82, 2.24) is 15.6 Å². The monoisotopic (exact) mass is 350 g/mol. The summed E-state index contributed by atoms with van der Waals surface area (Å²) in [5.74, 6) is -1.92. The number of carbonyl (C=O) groups is 3. The van der Waals surface area contributed by atoms with Crippen LogP contribution in [-0.4, -0.2) is 47.0 Å². The van der Waals surface area contributed by atoms with Crippen molar-refractivity contribution in [2.75, 3.05) is 13.1 Å². The number of aliphatic carboxylic acids is 1. The number of aromatic nitrogens is 1. The van der Waals surface area contributed by atoms with Crippen LogP contribution in [0.5, 0.6) is 0 Å². The highest BCUT2D eigenvalue weighted by Crippen LogP contribution is 2.05. The number of nitrogens with zero attached hydrogens (tertiary/aromatic N) is 1. The van der Waals surface area contributed by atoms with Crippen molar-refractivity contribution < 1.29 is 19.5 Å². The summed E-state index contributed by atoms with van der Waals surface area (Å²) in [4.78, 5) is 37.9. The Kier molecular flexibility index (Phi) is 9.16. The first kappa shape index (κ1) is 20.6. The van der Waals surface area contributed by atoms with Crippen LogP contribution in [-0.2, 0) is 16.0 Å². The Morgan fingerprint density at radius 3 is 2.60 bits per heavy atom. The molecule has 2 amide bonds. The zero-order valence-electron chi connectivity index (χ0n) is 14.5. The molecule has 0 aliphatic rings. The van der Waals surface area contributed by atoms with Crippen LogP contribution in [0, 0.1) is 0 Å². The number of primary amides is 1. The standard InChI is InChI=1S/C17H26N4O4/c1-2-3-4-12-5-6-13(21-11-12)16(23)20-10-9-19-14(17(24)25)7-8-15(18)22/h5-6,11,14,19H,2-4,7-10H2,1H3,(H2,18,22)(H,20,23)(H,24,25)/t14-/m0/s1. The molecular weight excluding hydrogens is 324 g/mol. The molecule has 0 spiro atoms. The zero-order valence-corrected chi connectivity index (χ0v) is 14.5. The molecule has 0 saturated carbocycles. The summed E-state index contributed by atoms with van der Waals surface area (Å²) in [6.45, 7) is 2.63. The number of pyridine rings is 1. The number of hydrogen-bond donors (Lipinski definition) is 4. The van der Waals surface area contributed by atoms with E-state index in [-0.39, 0.29) is 31.8 Å². The van der Waals surface area contributed by atoms with Gasteiger partial charge in [0.15, 0.2) is 0 Å². The summed E-state index contributed by atoms with van der Waals surface area (Å²) in [5, 5.41) is 14.5. The van der Waals surface area contributed by atoms with E-state index in [9.17, 15) is 14.4 Å². The highest BCUT2D eigenvalue weighted by molar-refractivity contribution is 5.92. The molecule has 0 aliphatic carbocycles. The molecule has 0 saturated heterocycles. The van der Waals surface area contributed by atoms with Crippen LogP contribution in [0.25, 0.3) is 0 Å². The fourth-order valence-electron chi connectivity index (χ4n) is 2.20. The molecule has 1 atom stereocenters. The summed E-state index contributed by atoms with van der Waals surface area (Å²) in [6, 6.07) is 2.70. The maximum Gasteiger partial charge on any atom is 0.320 e. The molecule has 5 N–H and O–H groups in total. The van der Waals surface area contributed by atoms with E-state index in [1.807, 2.05) is 6.07 Å². The summed E-state index contributed by atoms with van der Waals surface area (Å²) >= 11 is 0. The van der Waals surface area contributed by atoms with E-state index in [1.165, 1.54) is 0 Å². The van der Waals surface area contributed by atoms with Gasteiger partial charge in [0.05, 0.1) is 0 Å². The van der Waals surface area contributed by atoms with Gasteiger partial charge >= 0.3 is 5.97 Å². The quantitative estimate of drug-likeness (QED) is 0.405. The molecule has 0 aromatic carbocycles. The van der Waals surface area contributed by atoms with E-state index in [1.54, 1.807) is 12.3 Å². The third-order valence-electron chi connectivity index (χ3n) is 3.66. The van der Waals surface area contributed by atoms with Gasteiger partial charge in [-0.15, -0.1) is 0 Å². The molecule has 0 radical (unpaired) electrons. The number of carboxylic acid groups (broad SMARTS) is 1. The Morgan fingerprint density at radius 2 is 2.04 bits per heavy atom. The number of hydrogen-bond acceptors (Lipinski definition) is 5. The van der Waals surface area contributed by atoms with Crippen molar-refractivity contribution in [3.05, 3.63) is 29.6 Å². The minimum atomic E-state index is -1.06. The fourth-order valence-corrected chi connectivity index (χ4v) is 2.20. The van der Waals surface area contributed by atoms with Crippen molar-refractivity contribution in [3.8, 4) is 0 Å². The van der Waals surface area contributed by atoms with Gasteiger partial charge in [0, 0.05) is 25.7 Å². The van der Waals surface area contributed by atoms with Crippen molar-refractivity contribution >= 4 is 17.8 Å². The van der Waals surface area contributed by atoms with Gasteiger partial charge in [-0.3, -0.25) is 19.4 Å². The van der Waals surface area contributed by atoms with Gasteiger partial charge in [-0.25, -0.2) is 0 Å². The number of rotatable bonds is 12. The number of aryl methyl sites for hydroxylation is 1. The molecule has 0 unspecified atom stereocenters. The first-order valence-corrected chi connectivity index (χ1v) is 8.41. The zero-order chi connectivity index (χ0) is 18.7. The van der Waals surface area contributed by atoms with E-state index >= 15 is 0 Å². The topological polar surface area (TPSA) is 134 Å². The number of nitrogens with one attached hydrogen (secondary N) is 2. The van der Waals surface area contributed by atoms with Gasteiger partial charge in [0.25, 0.3) is 5.91 Å². The molecule has 0 bridgehead atoms. The third kappa shape index (κ3) is 8.25. The molecule has 1 aromatic heterocycles. The second kappa shape index (κ2) is 11.1. The first-order valence-electron chi connectivity index (χ1n) is 8.41. The smallest absolute Gasteiger partial charge is 0.320 e. The minimum absolute atomic E-state index is 0.00930. The van der Waals surface area contributed by atoms with E-state index < -0.39 is 17.9 Å². The predicted molar refractivity (Wildman–Crippen MR) is 93.0 cm³/mol. The average Bonchev–Trinajstić information content (AvgIpc) is 2.58. The molecule has 8 nitrogen and oxygen atoms in total. The van der Waals surface area contributed by atoms with Crippen LogP contribution in [0.1, 0.15) is 48.7 Å². The van der Waals surface area contributed by atoms with Crippen LogP contribution in [0.3, 0.4) is 0 Å². The minimum Gasteiger partial charge on any atom is -0.480 e. The van der Waals surface area contributed by atoms with Crippen LogP contribution < -0.4 is 16.4 Å². The molecule has 0 aliphatic heterocycles. The Labute approximate surface area is 147 Å². The number of amides is 2. The SMILES string of the molecule is CCCCc1ccc(C(=O)NCCN[C@@H](CCC(N)=O)C(=O)O)nc1. The van der Waals surface area contributed by atoms with E-state index in [0.29, 0.717) is 5.69 Å². The molecule has 1 heterocycles. The van der Waals surface area contributed by atoms with Crippen molar-refractivity contribution in [1.29, 1.82) is 0 Å². The Hall–Kier alpha value is -2.48. The lowest BCUT2D eigenvalue weighted by Crippen LogP contribution is -2.42. The Balaban J connectivity index is 2.35. The van der Waals surface area contributed by atoms with Crippen molar-refractivity contribution in [2.24, 2.45) is 5.73 Å². The van der Waals surface area contributed by atoms with Gasteiger partial charge in [0.2, 0.25) is 5.91 Å². The summed E-state index contributed by atoms with van der Waals surface area (Å²) < 4.78 is 0. The van der Waals surface area contributed by atoms with Crippen molar-refractivity contribution in [2.45, 2.75) is 45.1 Å². The molecule has 138 valence electrons. The Bertz CT molecular complexity index is 575. The molecule has 8 heteroatoms. The Morgan fingerprint density at radius 1 is 1.28 bits per heavy atom. The van der Waals surface area contributed by atoms with Gasteiger partial charge in [0.1, 0.15) is 11.7 Å². The van der Waals surface area contributed by atoms with Crippen LogP contribution in [0.4, 0.5) is 0 Å². The molecule has 1 aromatic rings. The van der Waals surface area contributed by atoms with E-state index in [4.69, 9.17) is 10.8 Å². The lowest BCUT2D eigenvalue weighted by molar-refractivity contribution is -0.139. The second-order valence-corrected chi connectivity index (χ2v) is 5.76. The number of nitrogens with two attached hydrogens (primary N) is 1. The predicted octanol–water partition coefficient (Wildman–Crippen LogP) is 0.462. The lowest BCUT2D eigenvalue weighted by atomic mass is 10.1.